The van der Waals surface area contributed by atoms with Gasteiger partial charge in [-0.15, -0.1) is 0 Å². The molecule has 2 rings (SSSR count). The number of ether oxygens (including phenoxy) is 1. The lowest BCUT2D eigenvalue weighted by Gasteiger charge is -2.02. The Bertz CT molecular complexity index is 562. The average molecular weight is 252 g/mol. The number of rotatable bonds is 5. The summed E-state index contributed by atoms with van der Waals surface area (Å²) in [7, 11) is 1.64. The Hall–Kier alpha value is -2.55. The molecule has 0 amide bonds. The zero-order valence-electron chi connectivity index (χ0n) is 10.8. The molecule has 0 atom stereocenters. The highest BCUT2D eigenvalue weighted by atomic mass is 16.5. The Morgan fingerprint density at radius 2 is 1.89 bits per heavy atom. The van der Waals surface area contributed by atoms with E-state index in [0.717, 1.165) is 17.0 Å². The molecule has 0 aromatic heterocycles. The van der Waals surface area contributed by atoms with Crippen LogP contribution < -0.4 is 10.2 Å². The Morgan fingerprint density at radius 3 is 2.68 bits per heavy atom. The van der Waals surface area contributed by atoms with Gasteiger partial charge in [0.15, 0.2) is 0 Å². The van der Waals surface area contributed by atoms with Crippen molar-refractivity contribution in [3.63, 3.8) is 0 Å². The number of allylic oxidation sites excluding steroid dienone is 1. The minimum Gasteiger partial charge on any atom is -0.497 e. The van der Waals surface area contributed by atoms with E-state index in [0.29, 0.717) is 0 Å². The topological polar surface area (TPSA) is 33.6 Å². The Balaban J connectivity index is 1.88. The number of hydrogen-bond donors (Lipinski definition) is 1. The van der Waals surface area contributed by atoms with Crippen LogP contribution in [0, 0.1) is 0 Å². The molecule has 0 bridgehead atoms. The maximum Gasteiger partial charge on any atom is 0.120 e. The molecule has 0 unspecified atom stereocenters. The number of anilines is 1. The van der Waals surface area contributed by atoms with Crippen LogP contribution in [-0.2, 0) is 0 Å². The van der Waals surface area contributed by atoms with Crippen LogP contribution in [0.2, 0.25) is 0 Å². The van der Waals surface area contributed by atoms with Gasteiger partial charge in [-0.05, 0) is 23.8 Å². The number of hydrogen-bond acceptors (Lipinski definition) is 3. The highest BCUT2D eigenvalue weighted by Crippen LogP contribution is 2.16. The fourth-order valence-corrected chi connectivity index (χ4v) is 1.57. The second-order valence-electron chi connectivity index (χ2n) is 3.89. The fraction of sp³-hybridized carbons (Fsp3) is 0.0625. The summed E-state index contributed by atoms with van der Waals surface area (Å²) < 4.78 is 5.13. The van der Waals surface area contributed by atoms with Crippen LogP contribution in [0.5, 0.6) is 5.75 Å². The first-order valence-electron chi connectivity index (χ1n) is 6.03. The summed E-state index contributed by atoms with van der Waals surface area (Å²) in [4.78, 5) is 0. The highest BCUT2D eigenvalue weighted by molar-refractivity contribution is 5.78. The van der Waals surface area contributed by atoms with Gasteiger partial charge in [0.2, 0.25) is 0 Å². The molecular weight excluding hydrogens is 236 g/mol. The maximum atomic E-state index is 5.13. The van der Waals surface area contributed by atoms with Crippen LogP contribution >= 0.6 is 0 Å². The molecule has 0 spiro atoms. The third-order valence-corrected chi connectivity index (χ3v) is 2.51. The standard InChI is InChI=1S/C16H16N2O/c1-19-16-11-5-10-15(13-16)18-17-12-6-9-14-7-3-2-4-8-14/h2-13,18H,1H3/b9-6+,17-12-. The number of nitrogens with one attached hydrogen (secondary N) is 1. The summed E-state index contributed by atoms with van der Waals surface area (Å²) in [6.45, 7) is 0. The van der Waals surface area contributed by atoms with Gasteiger partial charge in [0.1, 0.15) is 5.75 Å². The summed E-state index contributed by atoms with van der Waals surface area (Å²) in [6.07, 6.45) is 5.60. The molecule has 0 radical (unpaired) electrons. The number of nitrogens with zero attached hydrogens (tertiary/aromatic N) is 1. The largest absolute Gasteiger partial charge is 0.497 e. The van der Waals surface area contributed by atoms with Gasteiger partial charge in [-0.3, -0.25) is 5.43 Å². The van der Waals surface area contributed by atoms with Crippen molar-refractivity contribution in [1.82, 2.24) is 0 Å². The maximum absolute atomic E-state index is 5.13. The van der Waals surface area contributed by atoms with Gasteiger partial charge in [-0.2, -0.15) is 5.10 Å². The molecule has 0 saturated carbocycles. The molecule has 0 aliphatic carbocycles. The van der Waals surface area contributed by atoms with E-state index in [1.807, 2.05) is 66.7 Å². The van der Waals surface area contributed by atoms with Gasteiger partial charge in [-0.25, -0.2) is 0 Å². The van der Waals surface area contributed by atoms with Crippen LogP contribution in [0.25, 0.3) is 6.08 Å². The lowest BCUT2D eigenvalue weighted by atomic mass is 10.2. The third kappa shape index (κ3) is 4.32. The van der Waals surface area contributed by atoms with Crippen molar-refractivity contribution >= 4 is 18.0 Å². The lowest BCUT2D eigenvalue weighted by Crippen LogP contribution is -1.89. The highest BCUT2D eigenvalue weighted by Gasteiger charge is 1.92. The average Bonchev–Trinajstić information content (AvgIpc) is 2.48. The molecule has 0 aliphatic heterocycles. The van der Waals surface area contributed by atoms with Gasteiger partial charge < -0.3 is 4.74 Å². The number of hydrazone groups is 1. The first kappa shape index (κ1) is 12.9. The summed E-state index contributed by atoms with van der Waals surface area (Å²) in [5.41, 5.74) is 4.98. The second kappa shape index (κ2) is 7.01. The van der Waals surface area contributed by atoms with E-state index in [1.54, 1.807) is 13.3 Å². The first-order valence-corrected chi connectivity index (χ1v) is 6.03. The molecular formula is C16H16N2O. The van der Waals surface area contributed by atoms with E-state index in [2.05, 4.69) is 10.5 Å². The molecule has 19 heavy (non-hydrogen) atoms. The van der Waals surface area contributed by atoms with E-state index < -0.39 is 0 Å². The molecule has 3 heteroatoms. The second-order valence-corrected chi connectivity index (χ2v) is 3.89. The van der Waals surface area contributed by atoms with Gasteiger partial charge in [-0.1, -0.05) is 42.5 Å². The van der Waals surface area contributed by atoms with Gasteiger partial charge >= 0.3 is 0 Å². The van der Waals surface area contributed by atoms with Crippen LogP contribution in [0.3, 0.4) is 0 Å². The van der Waals surface area contributed by atoms with Crippen molar-refractivity contribution in [3.05, 3.63) is 66.2 Å². The van der Waals surface area contributed by atoms with Crippen molar-refractivity contribution in [2.24, 2.45) is 5.10 Å². The van der Waals surface area contributed by atoms with Crippen LogP contribution in [-0.4, -0.2) is 13.3 Å². The van der Waals surface area contributed by atoms with E-state index in [-0.39, 0.29) is 0 Å². The molecule has 1 N–H and O–H groups in total. The predicted molar refractivity (Wildman–Crippen MR) is 80.6 cm³/mol. The predicted octanol–water partition coefficient (Wildman–Crippen LogP) is 3.81. The Kier molecular flexibility index (Phi) is 4.76. The third-order valence-electron chi connectivity index (χ3n) is 2.51. The van der Waals surface area contributed by atoms with E-state index in [1.165, 1.54) is 0 Å². The molecule has 3 nitrogen and oxygen atoms in total. The quantitative estimate of drug-likeness (QED) is 0.648. The smallest absolute Gasteiger partial charge is 0.120 e. The van der Waals surface area contributed by atoms with Gasteiger partial charge in [0.05, 0.1) is 12.8 Å². The van der Waals surface area contributed by atoms with E-state index in [4.69, 9.17) is 4.74 Å². The van der Waals surface area contributed by atoms with Crippen molar-refractivity contribution in [2.45, 2.75) is 0 Å². The van der Waals surface area contributed by atoms with E-state index >= 15 is 0 Å². The lowest BCUT2D eigenvalue weighted by molar-refractivity contribution is 0.415. The Morgan fingerprint density at radius 1 is 1.05 bits per heavy atom. The van der Waals surface area contributed by atoms with Gasteiger partial charge in [0, 0.05) is 12.3 Å². The van der Waals surface area contributed by atoms with Crippen LogP contribution in [0.1, 0.15) is 5.56 Å². The molecule has 96 valence electrons. The monoisotopic (exact) mass is 252 g/mol. The first-order chi connectivity index (χ1) is 9.38. The summed E-state index contributed by atoms with van der Waals surface area (Å²) >= 11 is 0. The molecule has 0 saturated heterocycles. The van der Waals surface area contributed by atoms with Crippen molar-refractivity contribution in [2.75, 3.05) is 12.5 Å². The molecule has 2 aromatic carbocycles. The molecule has 2 aromatic rings. The van der Waals surface area contributed by atoms with E-state index in [9.17, 15) is 0 Å². The van der Waals surface area contributed by atoms with Gasteiger partial charge in [0.25, 0.3) is 0 Å². The summed E-state index contributed by atoms with van der Waals surface area (Å²) in [5, 5.41) is 4.11. The number of methoxy groups -OCH3 is 1. The summed E-state index contributed by atoms with van der Waals surface area (Å²) in [6, 6.07) is 17.7. The Labute approximate surface area is 113 Å². The number of benzene rings is 2. The normalized spacial score (nSPS) is 11.0. The molecule has 0 fully saturated rings. The minimum atomic E-state index is 0.806. The zero-order valence-corrected chi connectivity index (χ0v) is 10.8. The van der Waals surface area contributed by atoms with Crippen molar-refractivity contribution in [3.8, 4) is 5.75 Å². The fourth-order valence-electron chi connectivity index (χ4n) is 1.57. The van der Waals surface area contributed by atoms with Crippen LogP contribution in [0.15, 0.2) is 65.8 Å². The molecule has 0 heterocycles. The zero-order chi connectivity index (χ0) is 13.3. The SMILES string of the molecule is COc1cccc(N/N=C\C=C\c2ccccc2)c1. The van der Waals surface area contributed by atoms with Crippen LogP contribution in [0.4, 0.5) is 5.69 Å². The van der Waals surface area contributed by atoms with Crippen molar-refractivity contribution in [1.29, 1.82) is 0 Å². The summed E-state index contributed by atoms with van der Waals surface area (Å²) in [5.74, 6) is 0.806. The van der Waals surface area contributed by atoms with Crippen molar-refractivity contribution < 1.29 is 4.74 Å². The molecule has 0 aliphatic rings. The minimum absolute atomic E-state index is 0.806.